The summed E-state index contributed by atoms with van der Waals surface area (Å²) in [6.45, 7) is 3.68. The first-order valence-electron chi connectivity index (χ1n) is 9.52. The summed E-state index contributed by atoms with van der Waals surface area (Å²) in [5.74, 6) is 1.59. The summed E-state index contributed by atoms with van der Waals surface area (Å²) in [6, 6.07) is 10.8. The first kappa shape index (κ1) is 21.4. The maximum atomic E-state index is 12.5. The predicted molar refractivity (Wildman–Crippen MR) is 122 cm³/mol. The molecule has 3 aromatic rings. The Morgan fingerprint density at radius 1 is 1.32 bits per heavy atom. The number of ketones is 1. The SMILES string of the molecule is COc1cc(C2C(C(C)=O)=C(C)Nc3ncnn32)cc(Br)c1OCc1ccccc1Cl. The Labute approximate surface area is 193 Å². The fourth-order valence-electron chi connectivity index (χ4n) is 3.66. The number of carbonyl (C=O) groups excluding carboxylic acids is 1. The molecular formula is C22H20BrClN4O3. The molecule has 0 bridgehead atoms. The van der Waals surface area contributed by atoms with Gasteiger partial charge in [-0.25, -0.2) is 4.68 Å². The Bertz CT molecular complexity index is 1190. The second-order valence-electron chi connectivity index (χ2n) is 7.06. The van der Waals surface area contributed by atoms with Gasteiger partial charge in [0.15, 0.2) is 17.3 Å². The van der Waals surface area contributed by atoms with Crippen LogP contribution in [0.4, 0.5) is 5.95 Å². The van der Waals surface area contributed by atoms with Crippen molar-refractivity contribution in [2.45, 2.75) is 26.5 Å². The number of aromatic nitrogens is 3. The number of rotatable bonds is 6. The number of hydrogen-bond acceptors (Lipinski definition) is 6. The Hall–Kier alpha value is -2.84. The zero-order valence-corrected chi connectivity index (χ0v) is 19.5. The van der Waals surface area contributed by atoms with E-state index in [1.807, 2.05) is 43.3 Å². The molecule has 0 saturated carbocycles. The Morgan fingerprint density at radius 2 is 2.10 bits per heavy atom. The number of carbonyl (C=O) groups is 1. The number of halogens is 2. The van der Waals surface area contributed by atoms with Crippen molar-refractivity contribution in [1.29, 1.82) is 0 Å². The maximum Gasteiger partial charge on any atom is 0.226 e. The van der Waals surface area contributed by atoms with Gasteiger partial charge in [0.05, 0.1) is 11.6 Å². The monoisotopic (exact) mass is 502 g/mol. The fraction of sp³-hybridized carbons (Fsp3) is 0.227. The number of nitrogens with one attached hydrogen (secondary N) is 1. The number of nitrogens with zero attached hydrogens (tertiary/aromatic N) is 3. The van der Waals surface area contributed by atoms with E-state index in [1.165, 1.54) is 6.33 Å². The molecule has 1 N–H and O–H groups in total. The van der Waals surface area contributed by atoms with Gasteiger partial charge in [0, 0.05) is 21.9 Å². The molecule has 0 amide bonds. The molecule has 7 nitrogen and oxygen atoms in total. The van der Waals surface area contributed by atoms with E-state index in [1.54, 1.807) is 18.7 Å². The van der Waals surface area contributed by atoms with E-state index in [0.29, 0.717) is 32.5 Å². The summed E-state index contributed by atoms with van der Waals surface area (Å²) in [5, 5.41) is 8.10. The van der Waals surface area contributed by atoms with Crippen molar-refractivity contribution in [2.24, 2.45) is 0 Å². The largest absolute Gasteiger partial charge is 0.493 e. The second-order valence-corrected chi connectivity index (χ2v) is 8.33. The van der Waals surface area contributed by atoms with E-state index in [-0.39, 0.29) is 12.4 Å². The van der Waals surface area contributed by atoms with Gasteiger partial charge in [-0.3, -0.25) is 4.79 Å². The van der Waals surface area contributed by atoms with Gasteiger partial charge in [-0.15, -0.1) is 0 Å². The predicted octanol–water partition coefficient (Wildman–Crippen LogP) is 5.16. The van der Waals surface area contributed by atoms with Crippen molar-refractivity contribution in [3.63, 3.8) is 0 Å². The quantitative estimate of drug-likeness (QED) is 0.501. The third-order valence-corrected chi connectivity index (χ3v) is 6.03. The lowest BCUT2D eigenvalue weighted by Crippen LogP contribution is -2.27. The second kappa shape index (κ2) is 8.72. The molecular weight excluding hydrogens is 484 g/mol. The van der Waals surface area contributed by atoms with Gasteiger partial charge in [0.2, 0.25) is 5.95 Å². The highest BCUT2D eigenvalue weighted by atomic mass is 79.9. The molecule has 1 aliphatic rings. The van der Waals surface area contributed by atoms with Crippen LogP contribution in [0, 0.1) is 0 Å². The number of ether oxygens (including phenoxy) is 2. The van der Waals surface area contributed by atoms with Crippen molar-refractivity contribution in [2.75, 3.05) is 12.4 Å². The molecule has 0 spiro atoms. The molecule has 1 atom stereocenters. The smallest absolute Gasteiger partial charge is 0.226 e. The van der Waals surface area contributed by atoms with Crippen LogP contribution in [0.5, 0.6) is 11.5 Å². The highest BCUT2D eigenvalue weighted by Gasteiger charge is 2.32. The van der Waals surface area contributed by atoms with Crippen LogP contribution in [-0.4, -0.2) is 27.7 Å². The molecule has 1 aromatic heterocycles. The minimum Gasteiger partial charge on any atom is -0.493 e. The Kier molecular flexibility index (Phi) is 6.02. The normalized spacial score (nSPS) is 15.3. The van der Waals surface area contributed by atoms with Gasteiger partial charge in [0.1, 0.15) is 19.0 Å². The molecule has 2 aromatic carbocycles. The standard InChI is InChI=1S/C22H20BrClN4O3/c1-12-19(13(2)29)20(28-22(27-12)25-11-26-28)15-8-16(23)21(18(9-15)30-3)31-10-14-6-4-5-7-17(14)24/h4-9,11,20H,10H2,1-3H3,(H,25,26,27). The van der Waals surface area contributed by atoms with E-state index in [0.717, 1.165) is 16.8 Å². The number of benzene rings is 2. The topological polar surface area (TPSA) is 78.3 Å². The molecule has 160 valence electrons. The molecule has 1 unspecified atom stereocenters. The number of Topliss-reactive ketones (excluding diaryl/α,β-unsaturated/α-hetero) is 1. The zero-order chi connectivity index (χ0) is 22.1. The van der Waals surface area contributed by atoms with E-state index in [9.17, 15) is 4.79 Å². The number of anilines is 1. The lowest BCUT2D eigenvalue weighted by atomic mass is 9.93. The van der Waals surface area contributed by atoms with Crippen LogP contribution < -0.4 is 14.8 Å². The molecule has 1 aliphatic heterocycles. The van der Waals surface area contributed by atoms with E-state index in [4.69, 9.17) is 21.1 Å². The first-order chi connectivity index (χ1) is 14.9. The van der Waals surface area contributed by atoms with Gasteiger partial charge in [-0.2, -0.15) is 10.1 Å². The van der Waals surface area contributed by atoms with Crippen molar-refractivity contribution >= 4 is 39.3 Å². The highest BCUT2D eigenvalue weighted by Crippen LogP contribution is 2.43. The van der Waals surface area contributed by atoms with E-state index in [2.05, 4.69) is 31.3 Å². The highest BCUT2D eigenvalue weighted by molar-refractivity contribution is 9.10. The lowest BCUT2D eigenvalue weighted by Gasteiger charge is -2.28. The molecule has 0 aliphatic carbocycles. The van der Waals surface area contributed by atoms with Gasteiger partial charge in [-0.05, 0) is 53.5 Å². The maximum absolute atomic E-state index is 12.5. The van der Waals surface area contributed by atoms with Gasteiger partial charge >= 0.3 is 0 Å². The Morgan fingerprint density at radius 3 is 2.81 bits per heavy atom. The molecule has 2 heterocycles. The lowest BCUT2D eigenvalue weighted by molar-refractivity contribution is -0.114. The Balaban J connectivity index is 1.74. The van der Waals surface area contributed by atoms with E-state index >= 15 is 0 Å². The summed E-state index contributed by atoms with van der Waals surface area (Å²) >= 11 is 9.85. The number of methoxy groups -OCH3 is 1. The minimum absolute atomic E-state index is 0.0507. The van der Waals surface area contributed by atoms with Crippen LogP contribution in [0.1, 0.15) is 31.0 Å². The van der Waals surface area contributed by atoms with Crippen LogP contribution in [0.3, 0.4) is 0 Å². The minimum atomic E-state index is -0.445. The number of hydrogen-bond donors (Lipinski definition) is 1. The molecule has 9 heteroatoms. The molecule has 0 fully saturated rings. The van der Waals surface area contributed by atoms with Gasteiger partial charge in [0.25, 0.3) is 0 Å². The average molecular weight is 504 g/mol. The van der Waals surface area contributed by atoms with Gasteiger partial charge in [-0.1, -0.05) is 29.8 Å². The summed E-state index contributed by atoms with van der Waals surface area (Å²) in [4.78, 5) is 16.7. The molecule has 0 saturated heterocycles. The van der Waals surface area contributed by atoms with Crippen LogP contribution >= 0.6 is 27.5 Å². The summed E-state index contributed by atoms with van der Waals surface area (Å²) in [6.07, 6.45) is 1.46. The van der Waals surface area contributed by atoms with Crippen molar-refractivity contribution < 1.29 is 14.3 Å². The number of fused-ring (bicyclic) bond motifs is 1. The van der Waals surface area contributed by atoms with Crippen LogP contribution in [-0.2, 0) is 11.4 Å². The zero-order valence-electron chi connectivity index (χ0n) is 17.1. The third kappa shape index (κ3) is 4.05. The molecule has 31 heavy (non-hydrogen) atoms. The fourth-order valence-corrected chi connectivity index (χ4v) is 4.42. The van der Waals surface area contributed by atoms with Crippen molar-refractivity contribution in [3.05, 3.63) is 74.6 Å². The molecule has 4 rings (SSSR count). The summed E-state index contributed by atoms with van der Waals surface area (Å²) < 4.78 is 14.0. The van der Waals surface area contributed by atoms with Crippen molar-refractivity contribution in [3.8, 4) is 11.5 Å². The van der Waals surface area contributed by atoms with E-state index < -0.39 is 6.04 Å². The third-order valence-electron chi connectivity index (χ3n) is 5.07. The number of allylic oxidation sites excluding steroid dienone is 2. The van der Waals surface area contributed by atoms with Crippen LogP contribution in [0.25, 0.3) is 0 Å². The first-order valence-corrected chi connectivity index (χ1v) is 10.7. The summed E-state index contributed by atoms with van der Waals surface area (Å²) in [5.41, 5.74) is 3.03. The molecule has 0 radical (unpaired) electrons. The van der Waals surface area contributed by atoms with Crippen LogP contribution in [0.2, 0.25) is 5.02 Å². The van der Waals surface area contributed by atoms with Crippen LogP contribution in [0.15, 0.2) is 58.5 Å². The van der Waals surface area contributed by atoms with Crippen molar-refractivity contribution in [1.82, 2.24) is 14.8 Å². The van der Waals surface area contributed by atoms with Gasteiger partial charge < -0.3 is 14.8 Å². The average Bonchev–Trinajstić information content (AvgIpc) is 3.20. The summed E-state index contributed by atoms with van der Waals surface area (Å²) in [7, 11) is 1.57.